The highest BCUT2D eigenvalue weighted by molar-refractivity contribution is 7.92. The second-order valence-corrected chi connectivity index (χ2v) is 10.2. The van der Waals surface area contributed by atoms with E-state index >= 15 is 0 Å². The Bertz CT molecular complexity index is 1110. The second kappa shape index (κ2) is 10.2. The van der Waals surface area contributed by atoms with Gasteiger partial charge in [0.1, 0.15) is 5.75 Å². The number of rotatable bonds is 7. The predicted octanol–water partition coefficient (Wildman–Crippen LogP) is 3.18. The number of carbonyl (C=O) groups is 2. The van der Waals surface area contributed by atoms with E-state index in [1.54, 1.807) is 42.2 Å². The van der Waals surface area contributed by atoms with Crippen molar-refractivity contribution in [3.63, 3.8) is 0 Å². The molecule has 178 valence electrons. The lowest BCUT2D eigenvalue weighted by Crippen LogP contribution is -2.44. The lowest BCUT2D eigenvalue weighted by molar-refractivity contribution is -0.126. The number of nitrogens with zero attached hydrogens (tertiary/aromatic N) is 1. The first-order valence-corrected chi connectivity index (χ1v) is 12.5. The van der Waals surface area contributed by atoms with Crippen LogP contribution in [0.2, 0.25) is 0 Å². The van der Waals surface area contributed by atoms with E-state index in [0.717, 1.165) is 0 Å². The molecule has 9 heteroatoms. The molecule has 2 aromatic rings. The number of anilines is 1. The van der Waals surface area contributed by atoms with Gasteiger partial charge in [0.05, 0.1) is 12.0 Å². The standard InChI is InChI=1S/C24H31N3O5S/c1-16(2)25-23(28)18-11-13-27(14-12-18)24(29)22-15-21(10-5-17(22)3)33(30,31)26-19-6-8-20(32-4)9-7-19/h5-10,15-16,18,26H,11-14H2,1-4H3,(H,25,28). The van der Waals surface area contributed by atoms with Crippen LogP contribution in [0, 0.1) is 12.8 Å². The van der Waals surface area contributed by atoms with Gasteiger partial charge < -0.3 is 15.0 Å². The van der Waals surface area contributed by atoms with Crippen molar-refractivity contribution in [3.8, 4) is 5.75 Å². The zero-order valence-corrected chi connectivity index (χ0v) is 20.2. The quantitative estimate of drug-likeness (QED) is 0.643. The number of piperidine rings is 1. The van der Waals surface area contributed by atoms with Crippen LogP contribution in [0.25, 0.3) is 0 Å². The smallest absolute Gasteiger partial charge is 0.261 e. The topological polar surface area (TPSA) is 105 Å². The number of likely N-dealkylation sites (tertiary alicyclic amines) is 1. The van der Waals surface area contributed by atoms with Crippen molar-refractivity contribution < 1.29 is 22.7 Å². The van der Waals surface area contributed by atoms with Crippen LogP contribution < -0.4 is 14.8 Å². The molecule has 1 aliphatic heterocycles. The van der Waals surface area contributed by atoms with E-state index in [4.69, 9.17) is 4.74 Å². The number of amides is 2. The first-order chi connectivity index (χ1) is 15.6. The number of carbonyl (C=O) groups excluding carboxylic acids is 2. The fourth-order valence-corrected chi connectivity index (χ4v) is 4.87. The molecule has 3 rings (SSSR count). The number of hydrogen-bond donors (Lipinski definition) is 2. The van der Waals surface area contributed by atoms with E-state index < -0.39 is 10.0 Å². The molecule has 1 fully saturated rings. The number of benzene rings is 2. The van der Waals surface area contributed by atoms with E-state index in [2.05, 4.69) is 10.0 Å². The van der Waals surface area contributed by atoms with Crippen LogP contribution >= 0.6 is 0 Å². The van der Waals surface area contributed by atoms with Crippen molar-refractivity contribution in [2.24, 2.45) is 5.92 Å². The lowest BCUT2D eigenvalue weighted by atomic mass is 9.95. The Morgan fingerprint density at radius 1 is 1.06 bits per heavy atom. The van der Waals surface area contributed by atoms with Crippen molar-refractivity contribution in [1.82, 2.24) is 10.2 Å². The van der Waals surface area contributed by atoms with Gasteiger partial charge in [-0.3, -0.25) is 14.3 Å². The van der Waals surface area contributed by atoms with Crippen molar-refractivity contribution in [2.45, 2.75) is 44.6 Å². The van der Waals surface area contributed by atoms with Gasteiger partial charge in [0.25, 0.3) is 15.9 Å². The molecule has 0 aliphatic carbocycles. The van der Waals surface area contributed by atoms with Crippen LogP contribution in [-0.2, 0) is 14.8 Å². The van der Waals surface area contributed by atoms with Gasteiger partial charge in [0, 0.05) is 36.3 Å². The summed E-state index contributed by atoms with van der Waals surface area (Å²) in [6.07, 6.45) is 1.17. The molecule has 2 aromatic carbocycles. The van der Waals surface area contributed by atoms with E-state index in [0.29, 0.717) is 48.5 Å². The average molecular weight is 474 g/mol. The van der Waals surface area contributed by atoms with Gasteiger partial charge >= 0.3 is 0 Å². The number of hydrogen-bond acceptors (Lipinski definition) is 5. The minimum Gasteiger partial charge on any atom is -0.497 e. The second-order valence-electron chi connectivity index (χ2n) is 8.54. The molecule has 0 spiro atoms. The van der Waals surface area contributed by atoms with Crippen molar-refractivity contribution >= 4 is 27.5 Å². The Hall–Kier alpha value is -3.07. The monoisotopic (exact) mass is 473 g/mol. The van der Waals surface area contributed by atoms with Crippen LogP contribution in [0.1, 0.15) is 42.6 Å². The Morgan fingerprint density at radius 2 is 1.70 bits per heavy atom. The SMILES string of the molecule is COc1ccc(NS(=O)(=O)c2ccc(C)c(C(=O)N3CCC(C(=O)NC(C)C)CC3)c2)cc1. The van der Waals surface area contributed by atoms with Gasteiger partial charge in [-0.1, -0.05) is 6.07 Å². The molecular formula is C24H31N3O5S. The number of methoxy groups -OCH3 is 1. The normalized spacial score (nSPS) is 14.8. The van der Waals surface area contributed by atoms with Crippen molar-refractivity contribution in [1.29, 1.82) is 0 Å². The maximum absolute atomic E-state index is 13.2. The summed E-state index contributed by atoms with van der Waals surface area (Å²) >= 11 is 0. The van der Waals surface area contributed by atoms with Gasteiger partial charge in [0.15, 0.2) is 0 Å². The molecule has 0 aromatic heterocycles. The molecule has 0 saturated carbocycles. The third-order valence-electron chi connectivity index (χ3n) is 5.68. The molecular weight excluding hydrogens is 442 g/mol. The molecule has 8 nitrogen and oxygen atoms in total. The first-order valence-electron chi connectivity index (χ1n) is 11.0. The molecule has 1 heterocycles. The minimum atomic E-state index is -3.88. The molecule has 33 heavy (non-hydrogen) atoms. The highest BCUT2D eigenvalue weighted by Gasteiger charge is 2.29. The lowest BCUT2D eigenvalue weighted by Gasteiger charge is -2.32. The molecule has 1 saturated heterocycles. The molecule has 0 bridgehead atoms. The summed E-state index contributed by atoms with van der Waals surface area (Å²) < 4.78 is 33.4. The zero-order valence-electron chi connectivity index (χ0n) is 19.4. The van der Waals surface area contributed by atoms with E-state index in [1.165, 1.54) is 19.2 Å². The van der Waals surface area contributed by atoms with Gasteiger partial charge in [-0.05, 0) is 75.6 Å². The highest BCUT2D eigenvalue weighted by atomic mass is 32.2. The van der Waals surface area contributed by atoms with Crippen LogP contribution in [0.3, 0.4) is 0 Å². The van der Waals surface area contributed by atoms with Gasteiger partial charge in [0.2, 0.25) is 5.91 Å². The Morgan fingerprint density at radius 3 is 2.27 bits per heavy atom. The minimum absolute atomic E-state index is 0.0125. The molecule has 2 N–H and O–H groups in total. The Balaban J connectivity index is 1.73. The summed E-state index contributed by atoms with van der Waals surface area (Å²) in [5.74, 6) is 0.298. The van der Waals surface area contributed by atoms with Gasteiger partial charge in [-0.15, -0.1) is 0 Å². The van der Waals surface area contributed by atoms with E-state index in [9.17, 15) is 18.0 Å². The number of sulfonamides is 1. The highest BCUT2D eigenvalue weighted by Crippen LogP contribution is 2.24. The predicted molar refractivity (Wildman–Crippen MR) is 127 cm³/mol. The summed E-state index contributed by atoms with van der Waals surface area (Å²) in [5, 5.41) is 2.92. The largest absolute Gasteiger partial charge is 0.497 e. The van der Waals surface area contributed by atoms with E-state index in [-0.39, 0.29) is 28.7 Å². The fourth-order valence-electron chi connectivity index (χ4n) is 3.79. The van der Waals surface area contributed by atoms with E-state index in [1.807, 2.05) is 13.8 Å². The summed E-state index contributed by atoms with van der Waals surface area (Å²) in [7, 11) is -2.35. The summed E-state index contributed by atoms with van der Waals surface area (Å²) in [4.78, 5) is 27.1. The van der Waals surface area contributed by atoms with Crippen LogP contribution in [0.4, 0.5) is 5.69 Å². The average Bonchev–Trinajstić information content (AvgIpc) is 2.78. The first kappa shape index (κ1) is 24.6. The fraction of sp³-hybridized carbons (Fsp3) is 0.417. The van der Waals surface area contributed by atoms with Gasteiger partial charge in [-0.2, -0.15) is 0 Å². The summed E-state index contributed by atoms with van der Waals surface area (Å²) in [6.45, 7) is 6.53. The Labute approximate surface area is 195 Å². The molecule has 1 aliphatic rings. The molecule has 0 atom stereocenters. The van der Waals surface area contributed by atoms with Crippen LogP contribution in [-0.4, -0.2) is 51.4 Å². The van der Waals surface area contributed by atoms with Crippen LogP contribution in [0.15, 0.2) is 47.4 Å². The number of ether oxygens (including phenoxy) is 1. The Kier molecular flexibility index (Phi) is 7.63. The molecule has 0 radical (unpaired) electrons. The summed E-state index contributed by atoms with van der Waals surface area (Å²) in [5.41, 5.74) is 1.44. The van der Waals surface area contributed by atoms with Crippen molar-refractivity contribution in [3.05, 3.63) is 53.6 Å². The summed E-state index contributed by atoms with van der Waals surface area (Å²) in [6, 6.07) is 11.2. The van der Waals surface area contributed by atoms with Crippen molar-refractivity contribution in [2.75, 3.05) is 24.9 Å². The zero-order chi connectivity index (χ0) is 24.2. The van der Waals surface area contributed by atoms with Crippen LogP contribution in [0.5, 0.6) is 5.75 Å². The number of nitrogens with one attached hydrogen (secondary N) is 2. The maximum atomic E-state index is 13.2. The third kappa shape index (κ3) is 6.04. The van der Waals surface area contributed by atoms with Gasteiger partial charge in [-0.25, -0.2) is 8.42 Å². The number of aryl methyl sites for hydroxylation is 1. The molecule has 2 amide bonds. The third-order valence-corrected chi connectivity index (χ3v) is 7.05. The maximum Gasteiger partial charge on any atom is 0.261 e. The molecule has 0 unspecified atom stereocenters.